The molecule has 82 valence electrons. The monoisotopic (exact) mass is 254 g/mol. The summed E-state index contributed by atoms with van der Waals surface area (Å²) in [6.45, 7) is 0. The second kappa shape index (κ2) is 4.51. The van der Waals surface area contributed by atoms with Crippen molar-refractivity contribution in [1.82, 2.24) is 4.98 Å². The number of rotatable bonds is 3. The first-order valence-corrected chi connectivity index (χ1v) is 5.60. The second-order valence-corrected chi connectivity index (χ2v) is 4.11. The fourth-order valence-electron chi connectivity index (χ4n) is 1.14. The van der Waals surface area contributed by atoms with E-state index in [0.29, 0.717) is 21.7 Å². The van der Waals surface area contributed by atoms with E-state index in [4.69, 9.17) is 22.1 Å². The van der Waals surface area contributed by atoms with E-state index in [1.807, 2.05) is 0 Å². The number of hydrogen-bond acceptors (Lipinski definition) is 4. The fourth-order valence-corrected chi connectivity index (χ4v) is 1.94. The van der Waals surface area contributed by atoms with Crippen LogP contribution in [0.1, 0.15) is 10.4 Å². The van der Waals surface area contributed by atoms with Crippen molar-refractivity contribution in [3.63, 3.8) is 0 Å². The molecule has 0 aliphatic heterocycles. The molecule has 0 aliphatic rings. The highest BCUT2D eigenvalue weighted by Gasteiger charge is 2.10. The van der Waals surface area contributed by atoms with Crippen molar-refractivity contribution in [2.45, 2.75) is 0 Å². The van der Waals surface area contributed by atoms with Crippen LogP contribution in [0.2, 0.25) is 5.15 Å². The zero-order chi connectivity index (χ0) is 11.5. The van der Waals surface area contributed by atoms with Gasteiger partial charge in [-0.3, -0.25) is 4.79 Å². The number of hydrogen-bond donors (Lipinski definition) is 1. The number of amides is 1. The molecule has 0 saturated carbocycles. The zero-order valence-electron chi connectivity index (χ0n) is 8.01. The van der Waals surface area contributed by atoms with Crippen molar-refractivity contribution in [2.75, 3.05) is 0 Å². The van der Waals surface area contributed by atoms with E-state index in [-0.39, 0.29) is 0 Å². The van der Waals surface area contributed by atoms with Gasteiger partial charge in [0.25, 0.3) is 11.1 Å². The summed E-state index contributed by atoms with van der Waals surface area (Å²) in [6.07, 6.45) is 0. The Labute approximate surface area is 101 Å². The van der Waals surface area contributed by atoms with Crippen molar-refractivity contribution in [3.8, 4) is 10.9 Å². The first kappa shape index (κ1) is 10.9. The second-order valence-electron chi connectivity index (χ2n) is 2.90. The summed E-state index contributed by atoms with van der Waals surface area (Å²) in [5.74, 6) is -0.167. The average molecular weight is 255 g/mol. The highest BCUT2D eigenvalue weighted by molar-refractivity contribution is 7.11. The Hall–Kier alpha value is -1.59. The fraction of sp³-hybridized carbons (Fsp3) is 0. The molecule has 0 spiro atoms. The molecule has 0 atom stereocenters. The van der Waals surface area contributed by atoms with E-state index in [1.165, 1.54) is 11.3 Å². The third-order valence-corrected chi connectivity index (χ3v) is 2.85. The Bertz CT molecular complexity index is 527. The lowest BCUT2D eigenvalue weighted by Gasteiger charge is -2.05. The maximum atomic E-state index is 11.1. The number of ether oxygens (including phenoxy) is 1. The number of nitrogens with zero attached hydrogens (tertiary/aromatic N) is 1. The van der Waals surface area contributed by atoms with Gasteiger partial charge < -0.3 is 10.5 Å². The Morgan fingerprint density at radius 2 is 2.19 bits per heavy atom. The van der Waals surface area contributed by atoms with Gasteiger partial charge in [-0.25, -0.2) is 0 Å². The SMILES string of the molecule is NC(=O)c1ccccc1Oc1nc(Cl)cs1. The summed E-state index contributed by atoms with van der Waals surface area (Å²) in [4.78, 5) is 15.0. The van der Waals surface area contributed by atoms with Gasteiger partial charge in [-0.2, -0.15) is 4.98 Å². The third kappa shape index (κ3) is 2.32. The number of halogens is 1. The summed E-state index contributed by atoms with van der Waals surface area (Å²) in [5.41, 5.74) is 5.53. The number of aromatic nitrogens is 1. The van der Waals surface area contributed by atoms with Gasteiger partial charge in [-0.05, 0) is 12.1 Å². The molecule has 2 rings (SSSR count). The van der Waals surface area contributed by atoms with Gasteiger partial charge >= 0.3 is 0 Å². The van der Waals surface area contributed by atoms with Gasteiger partial charge in [-0.1, -0.05) is 35.1 Å². The van der Waals surface area contributed by atoms with Crippen LogP contribution in [-0.4, -0.2) is 10.9 Å². The van der Waals surface area contributed by atoms with Crippen LogP contribution in [0, 0.1) is 0 Å². The zero-order valence-corrected chi connectivity index (χ0v) is 9.59. The van der Waals surface area contributed by atoms with E-state index in [2.05, 4.69) is 4.98 Å². The quantitative estimate of drug-likeness (QED) is 0.916. The van der Waals surface area contributed by atoms with Crippen LogP contribution in [0.15, 0.2) is 29.6 Å². The largest absolute Gasteiger partial charge is 0.430 e. The van der Waals surface area contributed by atoms with Crippen molar-refractivity contribution in [3.05, 3.63) is 40.4 Å². The molecule has 0 fully saturated rings. The topological polar surface area (TPSA) is 65.2 Å². The van der Waals surface area contributed by atoms with Crippen LogP contribution in [0.5, 0.6) is 10.9 Å². The number of benzene rings is 1. The molecule has 0 unspecified atom stereocenters. The van der Waals surface area contributed by atoms with Crippen molar-refractivity contribution in [1.29, 1.82) is 0 Å². The van der Waals surface area contributed by atoms with Gasteiger partial charge in [-0.15, -0.1) is 0 Å². The Balaban J connectivity index is 2.31. The van der Waals surface area contributed by atoms with E-state index in [0.717, 1.165) is 0 Å². The minimum Gasteiger partial charge on any atom is -0.430 e. The lowest BCUT2D eigenvalue weighted by Crippen LogP contribution is -2.11. The molecule has 6 heteroatoms. The van der Waals surface area contributed by atoms with E-state index in [1.54, 1.807) is 29.6 Å². The molecule has 16 heavy (non-hydrogen) atoms. The molecule has 2 aromatic rings. The van der Waals surface area contributed by atoms with Crippen LogP contribution in [0.25, 0.3) is 0 Å². The maximum Gasteiger partial charge on any atom is 0.280 e. The van der Waals surface area contributed by atoms with Crippen molar-refractivity contribution >= 4 is 28.8 Å². The van der Waals surface area contributed by atoms with Crippen LogP contribution in [0.3, 0.4) is 0 Å². The molecule has 1 amide bonds. The molecule has 0 aliphatic carbocycles. The van der Waals surface area contributed by atoms with Gasteiger partial charge in [0.15, 0.2) is 0 Å². The molecule has 0 saturated heterocycles. The normalized spacial score (nSPS) is 10.1. The minimum atomic E-state index is -0.543. The molecular formula is C10H7ClN2O2S. The summed E-state index contributed by atoms with van der Waals surface area (Å²) in [5, 5.41) is 2.37. The van der Waals surface area contributed by atoms with Crippen LogP contribution < -0.4 is 10.5 Å². The number of nitrogens with two attached hydrogens (primary N) is 1. The highest BCUT2D eigenvalue weighted by atomic mass is 35.5. The van der Waals surface area contributed by atoms with Gasteiger partial charge in [0, 0.05) is 5.38 Å². The van der Waals surface area contributed by atoms with Gasteiger partial charge in [0.1, 0.15) is 10.9 Å². The van der Waals surface area contributed by atoms with E-state index in [9.17, 15) is 4.79 Å². The maximum absolute atomic E-state index is 11.1. The third-order valence-electron chi connectivity index (χ3n) is 1.80. The van der Waals surface area contributed by atoms with Crippen LogP contribution in [0.4, 0.5) is 0 Å². The molecule has 1 aromatic heterocycles. The summed E-state index contributed by atoms with van der Waals surface area (Å²) < 4.78 is 5.41. The predicted molar refractivity (Wildman–Crippen MR) is 62.2 cm³/mol. The summed E-state index contributed by atoms with van der Waals surface area (Å²) in [7, 11) is 0. The van der Waals surface area contributed by atoms with E-state index < -0.39 is 5.91 Å². The van der Waals surface area contributed by atoms with Crippen molar-refractivity contribution in [2.24, 2.45) is 5.73 Å². The lowest BCUT2D eigenvalue weighted by atomic mass is 10.2. The van der Waals surface area contributed by atoms with Crippen LogP contribution >= 0.6 is 22.9 Å². The van der Waals surface area contributed by atoms with Crippen molar-refractivity contribution < 1.29 is 9.53 Å². The Morgan fingerprint density at radius 1 is 1.44 bits per heavy atom. The number of thiazole rings is 1. The number of carbonyl (C=O) groups is 1. The predicted octanol–water partition coefficient (Wildman–Crippen LogP) is 2.69. The molecule has 0 bridgehead atoms. The average Bonchev–Trinajstić information content (AvgIpc) is 2.64. The molecule has 1 heterocycles. The number of para-hydroxylation sites is 1. The highest BCUT2D eigenvalue weighted by Crippen LogP contribution is 2.28. The molecular weight excluding hydrogens is 248 g/mol. The first-order valence-electron chi connectivity index (χ1n) is 4.34. The Kier molecular flexibility index (Phi) is 3.07. The molecule has 0 radical (unpaired) electrons. The van der Waals surface area contributed by atoms with E-state index >= 15 is 0 Å². The molecule has 1 aromatic carbocycles. The van der Waals surface area contributed by atoms with Crippen LogP contribution in [-0.2, 0) is 0 Å². The first-order chi connectivity index (χ1) is 7.66. The standard InChI is InChI=1S/C10H7ClN2O2S/c11-8-5-16-10(13-8)15-7-4-2-1-3-6(7)9(12)14/h1-5H,(H2,12,14). The smallest absolute Gasteiger partial charge is 0.280 e. The number of primary amides is 1. The summed E-state index contributed by atoms with van der Waals surface area (Å²) >= 11 is 6.90. The molecule has 2 N–H and O–H groups in total. The van der Waals surface area contributed by atoms with Gasteiger partial charge in [0.05, 0.1) is 5.56 Å². The summed E-state index contributed by atoms with van der Waals surface area (Å²) in [6, 6.07) is 6.70. The Morgan fingerprint density at radius 3 is 2.81 bits per heavy atom. The lowest BCUT2D eigenvalue weighted by molar-refractivity contribution is 0.0998. The van der Waals surface area contributed by atoms with Gasteiger partial charge in [0.2, 0.25) is 0 Å². The minimum absolute atomic E-state index is 0.314. The molecule has 4 nitrogen and oxygen atoms in total. The number of carbonyl (C=O) groups excluding carboxylic acids is 1.